The van der Waals surface area contributed by atoms with Crippen molar-refractivity contribution in [2.24, 2.45) is 7.05 Å². The number of benzene rings is 2. The van der Waals surface area contributed by atoms with E-state index in [2.05, 4.69) is 15.6 Å². The fraction of sp³-hybridized carbons (Fsp3) is 0.300. The number of aryl methyl sites for hydroxylation is 2. The first-order chi connectivity index (χ1) is 13.0. The van der Waals surface area contributed by atoms with Gasteiger partial charge >= 0.3 is 0 Å². The molecule has 158 valence electrons. The number of ether oxygens (including phenoxy) is 1. The maximum absolute atomic E-state index is 13.5. The fourth-order valence-electron chi connectivity index (χ4n) is 2.90. The van der Waals surface area contributed by atoms with E-state index in [-0.39, 0.29) is 43.1 Å². The Kier molecular flexibility index (Phi) is 9.52. The van der Waals surface area contributed by atoms with Crippen LogP contribution in [-0.2, 0) is 16.6 Å². The zero-order valence-corrected chi connectivity index (χ0v) is 18.1. The van der Waals surface area contributed by atoms with Gasteiger partial charge in [0.25, 0.3) is 0 Å². The van der Waals surface area contributed by atoms with E-state index in [1.165, 1.54) is 12.1 Å². The van der Waals surface area contributed by atoms with Crippen molar-refractivity contribution in [1.82, 2.24) is 14.9 Å². The number of nitrogens with one attached hydrogen (secondary N) is 2. The van der Waals surface area contributed by atoms with Gasteiger partial charge in [0.05, 0.1) is 24.2 Å². The number of carbonyl (C=O) groups excluding carboxylic acids is 1. The molecule has 6 nitrogen and oxygen atoms in total. The molecule has 0 saturated heterocycles. The van der Waals surface area contributed by atoms with Gasteiger partial charge in [0.2, 0.25) is 5.91 Å². The molecule has 3 aromatic rings. The van der Waals surface area contributed by atoms with E-state index in [1.807, 2.05) is 36.7 Å². The van der Waals surface area contributed by atoms with Crippen molar-refractivity contribution in [3.8, 4) is 11.4 Å². The van der Waals surface area contributed by atoms with E-state index in [0.29, 0.717) is 24.5 Å². The Labute approximate surface area is 181 Å². The molecule has 0 atom stereocenters. The van der Waals surface area contributed by atoms with Crippen molar-refractivity contribution < 1.29 is 13.9 Å². The Balaban J connectivity index is 0.00000210. The zero-order chi connectivity index (χ0) is 19.4. The molecular weight excluding hydrogens is 418 g/mol. The van der Waals surface area contributed by atoms with Gasteiger partial charge in [0, 0.05) is 38.0 Å². The van der Waals surface area contributed by atoms with Crippen molar-refractivity contribution in [2.45, 2.75) is 6.92 Å². The third-order valence-electron chi connectivity index (χ3n) is 4.38. The highest BCUT2D eigenvalue weighted by atomic mass is 35.5. The highest BCUT2D eigenvalue weighted by Gasteiger charge is 2.13. The van der Waals surface area contributed by atoms with Crippen LogP contribution in [0, 0.1) is 12.7 Å². The summed E-state index contributed by atoms with van der Waals surface area (Å²) in [5.41, 5.74) is 3.97. The van der Waals surface area contributed by atoms with Crippen LogP contribution < -0.4 is 10.6 Å². The second-order valence-corrected chi connectivity index (χ2v) is 6.37. The van der Waals surface area contributed by atoms with Crippen LogP contribution in [0.1, 0.15) is 5.56 Å². The largest absolute Gasteiger partial charge is 0.383 e. The molecule has 29 heavy (non-hydrogen) atoms. The van der Waals surface area contributed by atoms with E-state index in [9.17, 15) is 9.18 Å². The number of imidazole rings is 1. The molecule has 0 bridgehead atoms. The summed E-state index contributed by atoms with van der Waals surface area (Å²) in [6.07, 6.45) is 0. The summed E-state index contributed by atoms with van der Waals surface area (Å²) in [4.78, 5) is 16.7. The molecule has 0 saturated carbocycles. The summed E-state index contributed by atoms with van der Waals surface area (Å²) >= 11 is 0. The van der Waals surface area contributed by atoms with Gasteiger partial charge in [-0.05, 0) is 30.7 Å². The Bertz CT molecular complexity index is 979. The van der Waals surface area contributed by atoms with Gasteiger partial charge in [0.1, 0.15) is 11.6 Å². The maximum atomic E-state index is 13.5. The fourth-order valence-corrected chi connectivity index (χ4v) is 2.90. The Morgan fingerprint density at radius 1 is 1.21 bits per heavy atom. The van der Waals surface area contributed by atoms with Crippen LogP contribution in [0.25, 0.3) is 22.4 Å². The van der Waals surface area contributed by atoms with Crippen molar-refractivity contribution >= 4 is 47.4 Å². The minimum atomic E-state index is -0.315. The molecule has 0 unspecified atom stereocenters. The molecule has 0 aliphatic rings. The third kappa shape index (κ3) is 5.90. The summed E-state index contributed by atoms with van der Waals surface area (Å²) in [6.45, 7) is 3.30. The van der Waals surface area contributed by atoms with Crippen LogP contribution in [0.4, 0.5) is 10.1 Å². The number of methoxy groups -OCH3 is 1. The van der Waals surface area contributed by atoms with Crippen LogP contribution in [-0.4, -0.2) is 42.3 Å². The lowest BCUT2D eigenvalue weighted by atomic mass is 10.1. The van der Waals surface area contributed by atoms with Crippen LogP contribution >= 0.6 is 24.8 Å². The maximum Gasteiger partial charge on any atom is 0.238 e. The monoisotopic (exact) mass is 442 g/mol. The first kappa shape index (κ1) is 24.8. The number of halogens is 3. The number of nitrogens with zero attached hydrogens (tertiary/aromatic N) is 2. The van der Waals surface area contributed by atoms with Crippen LogP contribution in [0.15, 0.2) is 36.4 Å². The third-order valence-corrected chi connectivity index (χ3v) is 4.38. The van der Waals surface area contributed by atoms with Crippen molar-refractivity contribution in [1.29, 1.82) is 0 Å². The summed E-state index contributed by atoms with van der Waals surface area (Å²) in [6, 6.07) is 10.3. The quantitative estimate of drug-likeness (QED) is 0.547. The van der Waals surface area contributed by atoms with Gasteiger partial charge in [-0.2, -0.15) is 0 Å². The Morgan fingerprint density at radius 2 is 1.97 bits per heavy atom. The number of hydrogen-bond donors (Lipinski definition) is 2. The second kappa shape index (κ2) is 11.1. The molecule has 2 aromatic carbocycles. The van der Waals surface area contributed by atoms with Crippen LogP contribution in [0.3, 0.4) is 0 Å². The zero-order valence-electron chi connectivity index (χ0n) is 16.5. The van der Waals surface area contributed by atoms with Crippen molar-refractivity contribution in [3.63, 3.8) is 0 Å². The number of hydrogen-bond acceptors (Lipinski definition) is 4. The first-order valence-corrected chi connectivity index (χ1v) is 8.72. The lowest BCUT2D eigenvalue weighted by Gasteiger charge is -2.11. The highest BCUT2D eigenvalue weighted by Crippen LogP contribution is 2.27. The lowest BCUT2D eigenvalue weighted by Crippen LogP contribution is -2.30. The highest BCUT2D eigenvalue weighted by molar-refractivity contribution is 5.94. The molecule has 1 amide bonds. The Hall–Kier alpha value is -2.19. The predicted molar refractivity (Wildman–Crippen MR) is 119 cm³/mol. The van der Waals surface area contributed by atoms with Gasteiger partial charge in [-0.25, -0.2) is 9.37 Å². The van der Waals surface area contributed by atoms with Crippen molar-refractivity contribution in [2.75, 3.05) is 32.1 Å². The number of anilines is 1. The molecule has 0 radical (unpaired) electrons. The van der Waals surface area contributed by atoms with Gasteiger partial charge in [-0.15, -0.1) is 24.8 Å². The molecule has 1 aromatic heterocycles. The summed E-state index contributed by atoms with van der Waals surface area (Å²) in [5, 5.41) is 5.94. The molecule has 1 heterocycles. The van der Waals surface area contributed by atoms with E-state index in [1.54, 1.807) is 13.2 Å². The predicted octanol–water partition coefficient (Wildman–Crippen LogP) is 3.71. The van der Waals surface area contributed by atoms with E-state index in [0.717, 1.165) is 22.3 Å². The molecule has 9 heteroatoms. The average Bonchev–Trinajstić information content (AvgIpc) is 2.96. The minimum Gasteiger partial charge on any atom is -0.383 e. The lowest BCUT2D eigenvalue weighted by molar-refractivity contribution is -0.115. The van der Waals surface area contributed by atoms with E-state index >= 15 is 0 Å². The number of carbonyl (C=O) groups is 1. The molecule has 0 aliphatic carbocycles. The SMILES string of the molecule is COCCNCC(=O)Nc1cc(-c2nc3cc(F)ccc3n2C)ccc1C.Cl.Cl. The van der Waals surface area contributed by atoms with Gasteiger partial charge in [-0.1, -0.05) is 12.1 Å². The first-order valence-electron chi connectivity index (χ1n) is 8.72. The van der Waals surface area contributed by atoms with Gasteiger partial charge in [-0.3, -0.25) is 4.79 Å². The van der Waals surface area contributed by atoms with Crippen LogP contribution in [0.5, 0.6) is 0 Å². The molecule has 0 fully saturated rings. The normalized spacial score (nSPS) is 10.3. The van der Waals surface area contributed by atoms with E-state index in [4.69, 9.17) is 4.74 Å². The minimum absolute atomic E-state index is 0. The summed E-state index contributed by atoms with van der Waals surface area (Å²) in [5.74, 6) is 0.271. The number of amides is 1. The Morgan fingerprint density at radius 3 is 2.69 bits per heavy atom. The standard InChI is InChI=1S/C20H23FN4O2.2ClH/c1-13-4-5-14(10-16(13)23-19(26)12-22-8-9-27-3)20-24-17-11-15(21)6-7-18(17)25(20)2;;/h4-7,10-11,22H,8-9,12H2,1-3H3,(H,23,26);2*1H. The van der Waals surface area contributed by atoms with Crippen molar-refractivity contribution in [3.05, 3.63) is 47.8 Å². The molecule has 3 rings (SSSR count). The van der Waals surface area contributed by atoms with Crippen LogP contribution in [0.2, 0.25) is 0 Å². The summed E-state index contributed by atoms with van der Waals surface area (Å²) < 4.78 is 20.3. The second-order valence-electron chi connectivity index (χ2n) is 6.37. The number of fused-ring (bicyclic) bond motifs is 1. The van der Waals surface area contributed by atoms with Gasteiger partial charge in [0.15, 0.2) is 0 Å². The molecule has 0 aliphatic heterocycles. The number of aromatic nitrogens is 2. The van der Waals surface area contributed by atoms with E-state index < -0.39 is 0 Å². The van der Waals surface area contributed by atoms with Gasteiger partial charge < -0.3 is 19.9 Å². The average molecular weight is 443 g/mol. The molecule has 0 spiro atoms. The molecule has 2 N–H and O–H groups in total. The topological polar surface area (TPSA) is 68.2 Å². The number of rotatable bonds is 7. The smallest absolute Gasteiger partial charge is 0.238 e. The molecular formula is C20H25Cl2FN4O2. The summed E-state index contributed by atoms with van der Waals surface area (Å²) in [7, 11) is 3.51.